The van der Waals surface area contributed by atoms with Crippen LogP contribution in [0.3, 0.4) is 0 Å². The quantitative estimate of drug-likeness (QED) is 0.122. The van der Waals surface area contributed by atoms with Crippen molar-refractivity contribution in [2.24, 2.45) is 5.92 Å². The summed E-state index contributed by atoms with van der Waals surface area (Å²) in [7, 11) is -0.527. The van der Waals surface area contributed by atoms with Gasteiger partial charge < -0.3 is 9.31 Å². The van der Waals surface area contributed by atoms with Crippen molar-refractivity contribution in [2.75, 3.05) is 0 Å². The van der Waals surface area contributed by atoms with Gasteiger partial charge in [-0.2, -0.15) is 0 Å². The zero-order chi connectivity index (χ0) is 81.7. The van der Waals surface area contributed by atoms with Crippen LogP contribution < -0.4 is 5.46 Å². The maximum atomic E-state index is 6.95. The van der Waals surface area contributed by atoms with Crippen molar-refractivity contribution in [3.05, 3.63) is 495 Å². The number of aromatic nitrogens is 4. The molecule has 580 valence electrons. The van der Waals surface area contributed by atoms with E-state index in [1.165, 1.54) is 128 Å². The lowest BCUT2D eigenvalue weighted by Gasteiger charge is -2.55. The van der Waals surface area contributed by atoms with E-state index in [2.05, 4.69) is 377 Å². The van der Waals surface area contributed by atoms with Crippen LogP contribution in [0, 0.1) is 5.92 Å². The molecule has 0 N–H and O–H groups in total. The molecule has 8 heteroatoms. The van der Waals surface area contributed by atoms with Gasteiger partial charge in [-0.05, 0) is 191 Å². The number of hydrogen-bond donors (Lipinski definition) is 0. The highest BCUT2D eigenvalue weighted by Crippen LogP contribution is 2.73. The van der Waals surface area contributed by atoms with Crippen LogP contribution >= 0.6 is 11.6 Å². The van der Waals surface area contributed by atoms with Gasteiger partial charge in [-0.3, -0.25) is 0 Å². The summed E-state index contributed by atoms with van der Waals surface area (Å²) in [6.07, 6.45) is 8.08. The number of nitrogens with zero attached hydrogens (tertiary/aromatic N) is 4. The highest BCUT2D eigenvalue weighted by atomic mass is 35.5. The largest absolute Gasteiger partial charge is 0.495 e. The van der Waals surface area contributed by atoms with Crippen molar-refractivity contribution in [3.8, 4) is 101 Å². The molecule has 7 aliphatic carbocycles. The van der Waals surface area contributed by atoms with E-state index in [1.54, 1.807) is 0 Å². The Morgan fingerprint density at radius 1 is 0.287 bits per heavy atom. The second kappa shape index (κ2) is 28.2. The van der Waals surface area contributed by atoms with Gasteiger partial charge in [0.1, 0.15) is 0 Å². The summed E-state index contributed by atoms with van der Waals surface area (Å²) in [6, 6.07) is 141. The molecule has 4 spiro atoms. The van der Waals surface area contributed by atoms with Gasteiger partial charge in [-0.25, -0.2) is 19.9 Å². The normalized spacial score (nSPS) is 16.8. The van der Waals surface area contributed by atoms with Gasteiger partial charge in [-0.1, -0.05) is 394 Å². The minimum atomic E-state index is -0.572. The minimum absolute atomic E-state index is 0.121. The molecule has 25 rings (SSSR count). The zero-order valence-corrected chi connectivity index (χ0v) is 68.8. The molecule has 122 heavy (non-hydrogen) atoms. The van der Waals surface area contributed by atoms with Crippen LogP contribution in [-0.4, -0.2) is 38.3 Å². The van der Waals surface area contributed by atoms with Crippen LogP contribution in [0.2, 0.25) is 5.28 Å². The summed E-state index contributed by atoms with van der Waals surface area (Å²) >= 11 is 6.03. The summed E-state index contributed by atoms with van der Waals surface area (Å²) in [5, 5.41) is 0.264. The van der Waals surface area contributed by atoms with Gasteiger partial charge in [0.05, 0.1) is 55.6 Å². The second-order valence-electron chi connectivity index (χ2n) is 34.2. The molecule has 15 aromatic carbocycles. The third kappa shape index (κ3) is 10.5. The number of rotatable bonds is 6. The Morgan fingerprint density at radius 2 is 0.582 bits per heavy atom. The minimum Gasteiger partial charge on any atom is -0.399 e. The van der Waals surface area contributed by atoms with Crippen molar-refractivity contribution in [3.63, 3.8) is 0 Å². The molecule has 1 fully saturated rings. The Balaban J connectivity index is 0.000000118. The Kier molecular flexibility index (Phi) is 16.9. The first-order chi connectivity index (χ1) is 59.9. The lowest BCUT2D eigenvalue weighted by molar-refractivity contribution is 0.00578. The zero-order valence-electron chi connectivity index (χ0n) is 68.0. The van der Waals surface area contributed by atoms with E-state index in [-0.39, 0.29) is 11.2 Å². The summed E-state index contributed by atoms with van der Waals surface area (Å²) in [5.74, 6) is 0.868. The first-order valence-electron chi connectivity index (χ1n) is 42.5. The monoisotopic (exact) mass is 1580 g/mol. The Hall–Kier alpha value is -13.8. The third-order valence-electron chi connectivity index (χ3n) is 27.9. The van der Waals surface area contributed by atoms with E-state index < -0.39 is 40.0 Å². The maximum absolute atomic E-state index is 6.95. The van der Waals surface area contributed by atoms with Crippen molar-refractivity contribution < 1.29 is 9.31 Å². The number of fused-ring (bicyclic) bond motifs is 32. The molecular formula is C114H82BClN4O2. The molecular weight excluding hydrogens is 1500 g/mol. The van der Waals surface area contributed by atoms with Gasteiger partial charge in [0.25, 0.3) is 0 Å². The molecule has 1 aliphatic heterocycles. The molecule has 1 unspecified atom stereocenters. The molecule has 3 heterocycles. The average Bonchev–Trinajstić information content (AvgIpc) is 1.45. The Morgan fingerprint density at radius 3 is 0.984 bits per heavy atom. The molecule has 0 amide bonds. The lowest BCUT2D eigenvalue weighted by Crippen LogP contribution is -2.50. The molecule has 8 aliphatic rings. The fourth-order valence-corrected chi connectivity index (χ4v) is 22.7. The van der Waals surface area contributed by atoms with Crippen molar-refractivity contribution in [2.45, 2.75) is 67.0 Å². The molecule has 17 aromatic rings. The summed E-state index contributed by atoms with van der Waals surface area (Å²) in [5.41, 5.74) is 37.3. The first-order valence-corrected chi connectivity index (χ1v) is 42.9. The maximum Gasteiger partial charge on any atom is 0.495 e. The number of halogens is 1. The predicted molar refractivity (Wildman–Crippen MR) is 495 cm³/mol. The van der Waals surface area contributed by atoms with E-state index in [0.29, 0.717) is 0 Å². The van der Waals surface area contributed by atoms with Crippen LogP contribution in [0.1, 0.15) is 112 Å². The summed E-state index contributed by atoms with van der Waals surface area (Å²) < 4.78 is 13.9. The molecule has 0 radical (unpaired) electrons. The summed E-state index contributed by atoms with van der Waals surface area (Å²) in [6.45, 7) is 8.61. The highest BCUT2D eigenvalue weighted by molar-refractivity contribution is 6.63. The highest BCUT2D eigenvalue weighted by Gasteiger charge is 2.65. The fourth-order valence-electron chi connectivity index (χ4n) is 22.5. The Bertz CT molecular complexity index is 6860. The fraction of sp³-hybridized carbons (Fsp3) is 0.105. The van der Waals surface area contributed by atoms with Crippen molar-refractivity contribution in [1.29, 1.82) is 0 Å². The van der Waals surface area contributed by atoms with Gasteiger partial charge in [0.2, 0.25) is 5.28 Å². The van der Waals surface area contributed by atoms with Crippen LogP contribution in [0.25, 0.3) is 101 Å². The average molecular weight is 1590 g/mol. The molecule has 2 aromatic heterocycles. The smallest absolute Gasteiger partial charge is 0.399 e. The van der Waals surface area contributed by atoms with Crippen LogP contribution in [0.5, 0.6) is 0 Å². The van der Waals surface area contributed by atoms with Gasteiger partial charge in [0, 0.05) is 33.7 Å². The van der Waals surface area contributed by atoms with Crippen LogP contribution in [0.15, 0.2) is 412 Å². The van der Waals surface area contributed by atoms with E-state index in [0.717, 1.165) is 68.3 Å². The van der Waals surface area contributed by atoms with E-state index in [9.17, 15) is 0 Å². The van der Waals surface area contributed by atoms with E-state index in [1.807, 2.05) is 66.7 Å². The number of hydrogen-bond acceptors (Lipinski definition) is 6. The van der Waals surface area contributed by atoms with Crippen molar-refractivity contribution >= 4 is 24.2 Å². The molecule has 0 bridgehead atoms. The molecule has 1 atom stereocenters. The molecule has 1 saturated heterocycles. The van der Waals surface area contributed by atoms with Gasteiger partial charge in [-0.15, -0.1) is 0 Å². The van der Waals surface area contributed by atoms with Crippen molar-refractivity contribution in [1.82, 2.24) is 19.9 Å². The lowest BCUT2D eigenvalue weighted by atomic mass is 9.46. The van der Waals surface area contributed by atoms with Crippen LogP contribution in [-0.2, 0) is 31.0 Å². The van der Waals surface area contributed by atoms with Crippen LogP contribution in [0.4, 0.5) is 0 Å². The van der Waals surface area contributed by atoms with Gasteiger partial charge in [0.15, 0.2) is 5.82 Å². The SMILES string of the molecule is C1=CCC2C(=C1)C1(c3ccccc3-c3ccccc31)c1cccc(-c3nc(-c4ccccc4)cc(-c4ccccc4)n3)c1C21c2ccccc2-c2ccccc21.CC1(C)OB(c2cccc3c2C2(c4ccccc4-c4ccccc42)c2ccccc2C32c3ccccc3-c3ccccc32)OC1(C)C.Clc1nc(-c2ccccc2)cc(-c2ccccc2)n1. The first kappa shape index (κ1) is 73.4. The van der Waals surface area contributed by atoms with E-state index in [4.69, 9.17) is 30.9 Å². The molecule has 6 nitrogen and oxygen atoms in total. The number of benzene rings is 15. The summed E-state index contributed by atoms with van der Waals surface area (Å²) in [4.78, 5) is 19.7. The topological polar surface area (TPSA) is 70.0 Å². The predicted octanol–water partition coefficient (Wildman–Crippen LogP) is 26.1. The standard InChI is InChI=1S/C54H36N2.C44H35BO2.C16H11ClN2/c1-3-18-35(19-4-1)49-34-50(36-20-5-2-6-21-36)56-52(55-49)41-26-17-33-48-51(41)54(44-29-13-9-24-39(44)40-25-10-14-30-45(40)54)47-32-16-15-31-46(47)53(48)42-27-11-7-22-37(42)38-23-8-12-28-43(38)53;1-41(2)42(3,4)47-45(46-41)39-27-15-26-38-40(39)44(34-22-11-7-18-30(34)31-19-8-12-23-35(31)44)37-25-14-13-24-36(37)43(38)32-20-9-5-16-28(32)29-17-6-10-21-33(29)43;17-16-18-14(12-7-3-1-4-8-12)11-15(19-16)13-9-5-2-6-10-13/h1-31,33-34,47H,32H2;5-27H,1-4H3;1-11H. The second-order valence-corrected chi connectivity index (χ2v) is 34.6. The van der Waals surface area contributed by atoms with Gasteiger partial charge >= 0.3 is 7.12 Å². The third-order valence-corrected chi connectivity index (χ3v) is 28.1. The molecule has 0 saturated carbocycles. The number of allylic oxidation sites excluding steroid dienone is 4. The van der Waals surface area contributed by atoms with E-state index >= 15 is 0 Å². The Labute approximate surface area is 717 Å².